The molecule has 0 atom stereocenters. The van der Waals surface area contributed by atoms with E-state index in [4.69, 9.17) is 23.2 Å². The van der Waals surface area contributed by atoms with Crippen LogP contribution in [0.1, 0.15) is 5.56 Å². The summed E-state index contributed by atoms with van der Waals surface area (Å²) in [6.07, 6.45) is 3.27. The van der Waals surface area contributed by atoms with Gasteiger partial charge in [0.25, 0.3) is 0 Å². The molecule has 2 heterocycles. The lowest BCUT2D eigenvalue weighted by Crippen LogP contribution is -2.14. The predicted molar refractivity (Wildman–Crippen MR) is 94.1 cm³/mol. The molecular formula is C16H10Cl2FN3OS. The molecule has 0 aliphatic heterocycles. The lowest BCUT2D eigenvalue weighted by atomic mass is 10.1. The first kappa shape index (κ1) is 16.8. The molecule has 3 rings (SSSR count). The van der Waals surface area contributed by atoms with Crippen LogP contribution in [0.5, 0.6) is 0 Å². The van der Waals surface area contributed by atoms with Crippen LogP contribution in [0.3, 0.4) is 0 Å². The molecule has 0 unspecified atom stereocenters. The molecule has 24 heavy (non-hydrogen) atoms. The highest BCUT2D eigenvalue weighted by Gasteiger charge is 2.13. The van der Waals surface area contributed by atoms with Gasteiger partial charge in [-0.1, -0.05) is 23.2 Å². The Kier molecular flexibility index (Phi) is 5.08. The molecule has 2 aromatic heterocycles. The fourth-order valence-electron chi connectivity index (χ4n) is 2.02. The van der Waals surface area contributed by atoms with Crippen molar-refractivity contribution < 1.29 is 9.18 Å². The van der Waals surface area contributed by atoms with Crippen molar-refractivity contribution in [2.45, 2.75) is 6.42 Å². The van der Waals surface area contributed by atoms with E-state index in [0.717, 1.165) is 17.3 Å². The maximum absolute atomic E-state index is 13.5. The lowest BCUT2D eigenvalue weighted by molar-refractivity contribution is -0.115. The van der Waals surface area contributed by atoms with Crippen molar-refractivity contribution >= 4 is 45.6 Å². The normalized spacial score (nSPS) is 10.6. The number of thiazole rings is 1. The summed E-state index contributed by atoms with van der Waals surface area (Å²) < 4.78 is 13.5. The van der Waals surface area contributed by atoms with Crippen molar-refractivity contribution in [1.29, 1.82) is 0 Å². The minimum atomic E-state index is -0.613. The summed E-state index contributed by atoms with van der Waals surface area (Å²) in [6.45, 7) is 0. The number of carbonyl (C=O) groups is 1. The fourth-order valence-corrected chi connectivity index (χ4v) is 3.21. The van der Waals surface area contributed by atoms with Gasteiger partial charge in [-0.25, -0.2) is 9.37 Å². The smallest absolute Gasteiger partial charge is 0.230 e. The van der Waals surface area contributed by atoms with Crippen molar-refractivity contribution in [3.05, 3.63) is 63.5 Å². The van der Waals surface area contributed by atoms with Gasteiger partial charge in [0.2, 0.25) is 5.91 Å². The van der Waals surface area contributed by atoms with Gasteiger partial charge in [0.15, 0.2) is 5.13 Å². The second-order valence-corrected chi connectivity index (χ2v) is 6.53. The molecule has 8 heteroatoms. The fraction of sp³-hybridized carbons (Fsp3) is 0.0625. The average molecular weight is 382 g/mol. The van der Waals surface area contributed by atoms with Crippen molar-refractivity contribution in [3.63, 3.8) is 0 Å². The Labute approximate surface area is 151 Å². The van der Waals surface area contributed by atoms with Crippen LogP contribution in [0.25, 0.3) is 11.3 Å². The number of anilines is 1. The van der Waals surface area contributed by atoms with E-state index in [1.54, 1.807) is 12.4 Å². The van der Waals surface area contributed by atoms with Gasteiger partial charge in [-0.3, -0.25) is 9.78 Å². The Morgan fingerprint density at radius 1 is 1.21 bits per heavy atom. The van der Waals surface area contributed by atoms with E-state index in [-0.39, 0.29) is 22.4 Å². The molecule has 4 nitrogen and oxygen atoms in total. The van der Waals surface area contributed by atoms with Crippen molar-refractivity contribution in [1.82, 2.24) is 9.97 Å². The maximum Gasteiger partial charge on any atom is 0.230 e. The van der Waals surface area contributed by atoms with Gasteiger partial charge in [0.05, 0.1) is 17.1 Å². The summed E-state index contributed by atoms with van der Waals surface area (Å²) in [7, 11) is 0. The summed E-state index contributed by atoms with van der Waals surface area (Å²) in [5.41, 5.74) is 2.01. The van der Waals surface area contributed by atoms with Crippen LogP contribution in [-0.4, -0.2) is 15.9 Å². The SMILES string of the molecule is O=C(Cc1cc(F)c(Cl)cc1Cl)Nc1nc(-c2ccncc2)cs1. The quantitative estimate of drug-likeness (QED) is 0.658. The highest BCUT2D eigenvalue weighted by Crippen LogP contribution is 2.26. The first-order chi connectivity index (χ1) is 11.5. The number of hydrogen-bond donors (Lipinski definition) is 1. The number of amides is 1. The first-order valence-corrected chi connectivity index (χ1v) is 8.45. The Morgan fingerprint density at radius 3 is 2.71 bits per heavy atom. The highest BCUT2D eigenvalue weighted by molar-refractivity contribution is 7.14. The second kappa shape index (κ2) is 7.25. The van der Waals surface area contributed by atoms with Crippen LogP contribution in [-0.2, 0) is 11.2 Å². The maximum atomic E-state index is 13.5. The Morgan fingerprint density at radius 2 is 1.96 bits per heavy atom. The lowest BCUT2D eigenvalue weighted by Gasteiger charge is -2.05. The van der Waals surface area contributed by atoms with Crippen molar-refractivity contribution in [2.24, 2.45) is 0 Å². The number of carbonyl (C=O) groups excluding carboxylic acids is 1. The van der Waals surface area contributed by atoms with Gasteiger partial charge in [0, 0.05) is 28.4 Å². The van der Waals surface area contributed by atoms with Gasteiger partial charge < -0.3 is 5.32 Å². The average Bonchev–Trinajstić information content (AvgIpc) is 3.02. The number of pyridine rings is 1. The summed E-state index contributed by atoms with van der Waals surface area (Å²) >= 11 is 12.9. The number of hydrogen-bond acceptors (Lipinski definition) is 4. The second-order valence-electron chi connectivity index (χ2n) is 4.86. The molecule has 1 aromatic carbocycles. The predicted octanol–water partition coefficient (Wildman–Crippen LogP) is 4.83. The molecule has 0 saturated carbocycles. The Hall–Kier alpha value is -2.02. The zero-order chi connectivity index (χ0) is 17.1. The third-order valence-corrected chi connectivity index (χ3v) is 4.57. The minimum absolute atomic E-state index is 0.0723. The highest BCUT2D eigenvalue weighted by atomic mass is 35.5. The molecule has 122 valence electrons. The van der Waals surface area contributed by atoms with Crippen LogP contribution in [0, 0.1) is 5.82 Å². The van der Waals surface area contributed by atoms with Crippen LogP contribution in [0.2, 0.25) is 10.0 Å². The summed E-state index contributed by atoms with van der Waals surface area (Å²) in [4.78, 5) is 20.4. The molecule has 1 N–H and O–H groups in total. The van der Waals surface area contributed by atoms with Crippen molar-refractivity contribution in [3.8, 4) is 11.3 Å². The van der Waals surface area contributed by atoms with E-state index in [1.165, 1.54) is 17.4 Å². The molecule has 0 bridgehead atoms. The third kappa shape index (κ3) is 3.90. The van der Waals surface area contributed by atoms with E-state index in [2.05, 4.69) is 15.3 Å². The molecule has 0 spiro atoms. The van der Waals surface area contributed by atoms with Crippen LogP contribution in [0.15, 0.2) is 42.0 Å². The van der Waals surface area contributed by atoms with E-state index in [0.29, 0.717) is 10.7 Å². The van der Waals surface area contributed by atoms with Crippen LogP contribution >= 0.6 is 34.5 Å². The van der Waals surface area contributed by atoms with E-state index in [1.807, 2.05) is 17.5 Å². The molecular weight excluding hydrogens is 372 g/mol. The molecule has 3 aromatic rings. The number of nitrogens with zero attached hydrogens (tertiary/aromatic N) is 2. The number of benzene rings is 1. The third-order valence-electron chi connectivity index (χ3n) is 3.17. The van der Waals surface area contributed by atoms with Gasteiger partial charge >= 0.3 is 0 Å². The van der Waals surface area contributed by atoms with E-state index in [9.17, 15) is 9.18 Å². The van der Waals surface area contributed by atoms with Crippen LogP contribution < -0.4 is 5.32 Å². The van der Waals surface area contributed by atoms with E-state index >= 15 is 0 Å². The van der Waals surface area contributed by atoms with E-state index < -0.39 is 5.82 Å². The largest absolute Gasteiger partial charge is 0.302 e. The Bertz CT molecular complexity index is 886. The van der Waals surface area contributed by atoms with Crippen LogP contribution in [0.4, 0.5) is 9.52 Å². The van der Waals surface area contributed by atoms with Gasteiger partial charge in [0.1, 0.15) is 5.82 Å². The Balaban J connectivity index is 1.70. The molecule has 0 saturated heterocycles. The summed E-state index contributed by atoms with van der Waals surface area (Å²) in [5, 5.41) is 5.14. The van der Waals surface area contributed by atoms with Gasteiger partial charge in [-0.15, -0.1) is 11.3 Å². The number of rotatable bonds is 4. The zero-order valence-electron chi connectivity index (χ0n) is 12.1. The topological polar surface area (TPSA) is 54.9 Å². The first-order valence-electron chi connectivity index (χ1n) is 6.82. The number of aromatic nitrogens is 2. The molecule has 1 amide bonds. The minimum Gasteiger partial charge on any atom is -0.302 e. The van der Waals surface area contributed by atoms with Crippen molar-refractivity contribution in [2.75, 3.05) is 5.32 Å². The zero-order valence-corrected chi connectivity index (χ0v) is 14.4. The molecule has 0 aliphatic carbocycles. The number of nitrogens with one attached hydrogen (secondary N) is 1. The van der Waals surface area contributed by atoms with Gasteiger partial charge in [-0.05, 0) is 29.8 Å². The standard InChI is InChI=1S/C16H10Cl2FN3OS/c17-11-7-12(18)13(19)5-10(11)6-15(23)22-16-21-14(8-24-16)9-1-3-20-4-2-9/h1-5,7-8H,6H2,(H,21,22,23). The number of halogens is 3. The monoisotopic (exact) mass is 381 g/mol. The molecule has 0 aliphatic rings. The molecule has 0 fully saturated rings. The molecule has 0 radical (unpaired) electrons. The summed E-state index contributed by atoms with van der Waals surface area (Å²) in [5.74, 6) is -0.952. The van der Waals surface area contributed by atoms with Gasteiger partial charge in [-0.2, -0.15) is 0 Å². The summed E-state index contributed by atoms with van der Waals surface area (Å²) in [6, 6.07) is 6.11.